The number of nitrogens with zero attached hydrogens (tertiary/aromatic N) is 2. The van der Waals surface area contributed by atoms with Crippen LogP contribution in [-0.4, -0.2) is 18.2 Å². The van der Waals surface area contributed by atoms with Gasteiger partial charge in [-0.25, -0.2) is 0 Å². The van der Waals surface area contributed by atoms with Crippen molar-refractivity contribution in [3.8, 4) is 0 Å². The maximum atomic E-state index is 4.75. The molecule has 0 saturated carbocycles. The second kappa shape index (κ2) is 4.01. The highest BCUT2D eigenvalue weighted by atomic mass is 16.5. The minimum absolute atomic E-state index is 1.01. The molecule has 3 nitrogen and oxygen atoms in total. The standard InChI is InChI=1S/C8H14N2O/c1-3-5-10(4-2)8-6-9-11-7-8/h6-7H,3-5H2,1-2H3. The van der Waals surface area contributed by atoms with E-state index in [0.29, 0.717) is 0 Å². The van der Waals surface area contributed by atoms with E-state index in [2.05, 4.69) is 23.9 Å². The molecule has 1 rings (SSSR count). The van der Waals surface area contributed by atoms with Gasteiger partial charge in [0, 0.05) is 13.1 Å². The Hall–Kier alpha value is -0.990. The Morgan fingerprint density at radius 1 is 1.55 bits per heavy atom. The average molecular weight is 154 g/mol. The Labute approximate surface area is 67.0 Å². The molecule has 1 aromatic rings. The summed E-state index contributed by atoms with van der Waals surface area (Å²) in [6, 6.07) is 0. The van der Waals surface area contributed by atoms with E-state index in [0.717, 1.165) is 25.2 Å². The van der Waals surface area contributed by atoms with Gasteiger partial charge in [-0.3, -0.25) is 0 Å². The van der Waals surface area contributed by atoms with Crippen LogP contribution >= 0.6 is 0 Å². The van der Waals surface area contributed by atoms with Crippen molar-refractivity contribution in [2.24, 2.45) is 0 Å². The number of hydrogen-bond donors (Lipinski definition) is 0. The molecular formula is C8H14N2O. The van der Waals surface area contributed by atoms with Crippen LogP contribution in [0.4, 0.5) is 5.69 Å². The highest BCUT2D eigenvalue weighted by Gasteiger charge is 2.03. The molecule has 0 radical (unpaired) electrons. The van der Waals surface area contributed by atoms with Crippen molar-refractivity contribution in [3.05, 3.63) is 12.5 Å². The number of rotatable bonds is 4. The van der Waals surface area contributed by atoms with E-state index < -0.39 is 0 Å². The summed E-state index contributed by atoms with van der Waals surface area (Å²) >= 11 is 0. The molecule has 0 saturated heterocycles. The zero-order chi connectivity index (χ0) is 8.10. The van der Waals surface area contributed by atoms with Crippen LogP contribution < -0.4 is 4.90 Å². The highest BCUT2D eigenvalue weighted by Crippen LogP contribution is 2.11. The first kappa shape index (κ1) is 8.11. The van der Waals surface area contributed by atoms with Gasteiger partial charge in [-0.15, -0.1) is 0 Å². The summed E-state index contributed by atoms with van der Waals surface area (Å²) in [5.74, 6) is 0. The molecule has 3 heteroatoms. The van der Waals surface area contributed by atoms with Crippen molar-refractivity contribution in [1.82, 2.24) is 5.16 Å². The molecule has 0 spiro atoms. The molecule has 0 aliphatic heterocycles. The topological polar surface area (TPSA) is 29.3 Å². The first-order valence-electron chi connectivity index (χ1n) is 4.02. The van der Waals surface area contributed by atoms with Crippen LogP contribution in [0, 0.1) is 0 Å². The van der Waals surface area contributed by atoms with Crippen molar-refractivity contribution < 1.29 is 4.52 Å². The summed E-state index contributed by atoms with van der Waals surface area (Å²) < 4.78 is 4.75. The summed E-state index contributed by atoms with van der Waals surface area (Å²) in [7, 11) is 0. The minimum Gasteiger partial charge on any atom is -0.368 e. The highest BCUT2D eigenvalue weighted by molar-refractivity contribution is 5.40. The normalized spacial score (nSPS) is 10.0. The Bertz CT molecular complexity index is 184. The molecule has 0 fully saturated rings. The monoisotopic (exact) mass is 154 g/mol. The fraction of sp³-hybridized carbons (Fsp3) is 0.625. The Balaban J connectivity index is 2.56. The van der Waals surface area contributed by atoms with Crippen LogP contribution in [0.2, 0.25) is 0 Å². The van der Waals surface area contributed by atoms with Crippen molar-refractivity contribution in [2.75, 3.05) is 18.0 Å². The second-order valence-electron chi connectivity index (χ2n) is 2.46. The largest absolute Gasteiger partial charge is 0.368 e. The maximum absolute atomic E-state index is 4.75. The Morgan fingerprint density at radius 3 is 2.82 bits per heavy atom. The predicted octanol–water partition coefficient (Wildman–Crippen LogP) is 1.91. The van der Waals surface area contributed by atoms with Crippen molar-refractivity contribution in [2.45, 2.75) is 20.3 Å². The lowest BCUT2D eigenvalue weighted by Gasteiger charge is -2.18. The van der Waals surface area contributed by atoms with Crippen molar-refractivity contribution >= 4 is 5.69 Å². The molecule has 0 bridgehead atoms. The molecule has 1 aromatic heterocycles. The van der Waals surface area contributed by atoms with Crippen LogP contribution in [0.5, 0.6) is 0 Å². The van der Waals surface area contributed by atoms with Gasteiger partial charge in [-0.2, -0.15) is 0 Å². The molecule has 0 aliphatic rings. The molecule has 0 atom stereocenters. The molecular weight excluding hydrogens is 140 g/mol. The molecule has 0 N–H and O–H groups in total. The quantitative estimate of drug-likeness (QED) is 0.663. The minimum atomic E-state index is 1.01. The molecule has 62 valence electrons. The lowest BCUT2D eigenvalue weighted by atomic mass is 10.4. The van der Waals surface area contributed by atoms with Gasteiger partial charge in [-0.05, 0) is 13.3 Å². The summed E-state index contributed by atoms with van der Waals surface area (Å²) in [5.41, 5.74) is 1.08. The lowest BCUT2D eigenvalue weighted by Crippen LogP contribution is -2.22. The molecule has 11 heavy (non-hydrogen) atoms. The van der Waals surface area contributed by atoms with Gasteiger partial charge in [0.15, 0.2) is 0 Å². The van der Waals surface area contributed by atoms with Crippen LogP contribution in [0.1, 0.15) is 20.3 Å². The summed E-state index contributed by atoms with van der Waals surface area (Å²) in [5, 5.41) is 3.66. The second-order valence-corrected chi connectivity index (χ2v) is 2.46. The van der Waals surface area contributed by atoms with E-state index in [-0.39, 0.29) is 0 Å². The van der Waals surface area contributed by atoms with E-state index in [1.165, 1.54) is 0 Å². The predicted molar refractivity (Wildman–Crippen MR) is 44.7 cm³/mol. The van der Waals surface area contributed by atoms with Gasteiger partial charge >= 0.3 is 0 Å². The molecule has 0 aliphatic carbocycles. The smallest absolute Gasteiger partial charge is 0.147 e. The fourth-order valence-electron chi connectivity index (χ4n) is 1.10. The van der Waals surface area contributed by atoms with Crippen molar-refractivity contribution in [1.29, 1.82) is 0 Å². The third-order valence-electron chi connectivity index (χ3n) is 1.66. The average Bonchev–Trinajstić information content (AvgIpc) is 2.52. The van der Waals surface area contributed by atoms with Crippen LogP contribution in [0.3, 0.4) is 0 Å². The third kappa shape index (κ3) is 1.97. The van der Waals surface area contributed by atoms with Gasteiger partial charge < -0.3 is 9.42 Å². The SMILES string of the molecule is CCCN(CC)c1cnoc1. The zero-order valence-electron chi connectivity index (χ0n) is 7.08. The van der Waals surface area contributed by atoms with Gasteiger partial charge in [0.25, 0.3) is 0 Å². The van der Waals surface area contributed by atoms with Crippen LogP contribution in [-0.2, 0) is 0 Å². The molecule has 0 amide bonds. The zero-order valence-corrected chi connectivity index (χ0v) is 7.08. The van der Waals surface area contributed by atoms with E-state index >= 15 is 0 Å². The van der Waals surface area contributed by atoms with E-state index in [9.17, 15) is 0 Å². The Morgan fingerprint density at radius 2 is 2.36 bits per heavy atom. The first-order valence-corrected chi connectivity index (χ1v) is 4.02. The van der Waals surface area contributed by atoms with E-state index in [1.807, 2.05) is 0 Å². The number of hydrogen-bond acceptors (Lipinski definition) is 3. The maximum Gasteiger partial charge on any atom is 0.147 e. The van der Waals surface area contributed by atoms with Crippen LogP contribution in [0.15, 0.2) is 17.0 Å². The first-order chi connectivity index (χ1) is 5.38. The summed E-state index contributed by atoms with van der Waals surface area (Å²) in [4.78, 5) is 2.23. The van der Waals surface area contributed by atoms with Gasteiger partial charge in [0.1, 0.15) is 6.26 Å². The Kier molecular flexibility index (Phi) is 2.95. The lowest BCUT2D eigenvalue weighted by molar-refractivity contribution is 0.419. The number of anilines is 1. The third-order valence-corrected chi connectivity index (χ3v) is 1.66. The molecule has 0 unspecified atom stereocenters. The molecule has 1 heterocycles. The van der Waals surface area contributed by atoms with E-state index in [1.54, 1.807) is 12.5 Å². The van der Waals surface area contributed by atoms with Crippen LogP contribution in [0.25, 0.3) is 0 Å². The van der Waals surface area contributed by atoms with Crippen molar-refractivity contribution in [3.63, 3.8) is 0 Å². The van der Waals surface area contributed by atoms with E-state index in [4.69, 9.17) is 4.52 Å². The van der Waals surface area contributed by atoms with Gasteiger partial charge in [0.2, 0.25) is 0 Å². The summed E-state index contributed by atoms with van der Waals surface area (Å²) in [6.07, 6.45) is 4.58. The molecule has 0 aromatic carbocycles. The van der Waals surface area contributed by atoms with Gasteiger partial charge in [0.05, 0.1) is 11.9 Å². The number of aromatic nitrogens is 1. The fourth-order valence-corrected chi connectivity index (χ4v) is 1.10. The summed E-state index contributed by atoms with van der Waals surface area (Å²) in [6.45, 7) is 6.37. The van der Waals surface area contributed by atoms with Gasteiger partial charge in [-0.1, -0.05) is 12.1 Å².